The number of carbonyl (C=O) groups excluding carboxylic acids is 3. The van der Waals surface area contributed by atoms with Crippen LogP contribution < -0.4 is 4.74 Å². The van der Waals surface area contributed by atoms with E-state index >= 15 is 0 Å². The number of hydrogen-bond acceptors (Lipinski definition) is 7. The molecule has 8 nitrogen and oxygen atoms in total. The number of rotatable bonds is 6. The molecule has 31 heavy (non-hydrogen) atoms. The van der Waals surface area contributed by atoms with E-state index in [4.69, 9.17) is 14.2 Å². The second kappa shape index (κ2) is 8.96. The SMILES string of the molecule is COC(=O)[C@]1(CC(=O)N2CCOCC2)C(=O)C[C@H]2CC[C@H]1N2Cc1cccc(OC)c1. The predicted octanol–water partition coefficient (Wildman–Crippen LogP) is 1.41. The average Bonchev–Trinajstić information content (AvgIpc) is 3.12. The molecular formula is C23H30N2O6. The van der Waals surface area contributed by atoms with Crippen molar-refractivity contribution in [3.05, 3.63) is 29.8 Å². The number of esters is 1. The number of carbonyl (C=O) groups is 3. The number of Topliss-reactive ketones (excluding diaryl/α,β-unsaturated/α-hetero) is 1. The summed E-state index contributed by atoms with van der Waals surface area (Å²) in [6.07, 6.45) is 1.62. The van der Waals surface area contributed by atoms with Gasteiger partial charge in [-0.2, -0.15) is 0 Å². The zero-order valence-electron chi connectivity index (χ0n) is 18.2. The van der Waals surface area contributed by atoms with Crippen LogP contribution in [-0.4, -0.2) is 80.1 Å². The summed E-state index contributed by atoms with van der Waals surface area (Å²) < 4.78 is 15.8. The first-order chi connectivity index (χ1) is 15.0. The molecule has 3 fully saturated rings. The Kier molecular flexibility index (Phi) is 6.29. The molecule has 3 aliphatic heterocycles. The fourth-order valence-electron chi connectivity index (χ4n) is 5.37. The number of piperidine rings is 1. The molecule has 3 saturated heterocycles. The quantitative estimate of drug-likeness (QED) is 0.498. The van der Waals surface area contributed by atoms with E-state index in [-0.39, 0.29) is 36.6 Å². The van der Waals surface area contributed by atoms with Crippen LogP contribution in [0.25, 0.3) is 0 Å². The van der Waals surface area contributed by atoms with E-state index in [0.29, 0.717) is 39.3 Å². The Morgan fingerprint density at radius 2 is 1.97 bits per heavy atom. The second-order valence-corrected chi connectivity index (χ2v) is 8.53. The molecule has 1 amide bonds. The third-order valence-corrected chi connectivity index (χ3v) is 6.97. The highest BCUT2D eigenvalue weighted by Gasteiger charge is 2.62. The minimum atomic E-state index is -1.46. The number of amides is 1. The summed E-state index contributed by atoms with van der Waals surface area (Å²) in [7, 11) is 2.92. The molecule has 1 aromatic carbocycles. The summed E-state index contributed by atoms with van der Waals surface area (Å²) in [5.74, 6) is -0.191. The standard InChI is InChI=1S/C23H30N2O6/c1-29-18-5-3-4-16(12-18)15-25-17-6-7-19(25)23(20(26)13-17,22(28)30-2)14-21(27)24-8-10-31-11-9-24/h3-5,12,17,19H,6-11,13-15H2,1-2H3/t17-,19-,23+/m1/s1. The van der Waals surface area contributed by atoms with E-state index in [2.05, 4.69) is 4.90 Å². The van der Waals surface area contributed by atoms with Crippen molar-refractivity contribution in [3.8, 4) is 5.75 Å². The molecule has 0 radical (unpaired) electrons. The summed E-state index contributed by atoms with van der Waals surface area (Å²) in [6, 6.07) is 7.51. The van der Waals surface area contributed by atoms with Gasteiger partial charge >= 0.3 is 5.97 Å². The Labute approximate surface area is 182 Å². The third kappa shape index (κ3) is 3.94. The molecule has 0 aromatic heterocycles. The monoisotopic (exact) mass is 430 g/mol. The first-order valence-electron chi connectivity index (χ1n) is 10.9. The summed E-state index contributed by atoms with van der Waals surface area (Å²) >= 11 is 0. The molecule has 0 N–H and O–H groups in total. The van der Waals surface area contributed by atoms with Crippen molar-refractivity contribution in [1.29, 1.82) is 0 Å². The van der Waals surface area contributed by atoms with Gasteiger partial charge in [-0.25, -0.2) is 0 Å². The normalized spacial score (nSPS) is 28.5. The molecule has 3 atom stereocenters. The Morgan fingerprint density at radius 1 is 1.19 bits per heavy atom. The van der Waals surface area contributed by atoms with Crippen molar-refractivity contribution >= 4 is 17.7 Å². The van der Waals surface area contributed by atoms with Crippen LogP contribution in [0.1, 0.15) is 31.2 Å². The van der Waals surface area contributed by atoms with Crippen molar-refractivity contribution in [2.45, 2.75) is 44.3 Å². The van der Waals surface area contributed by atoms with Crippen LogP contribution in [0, 0.1) is 5.41 Å². The first kappa shape index (κ1) is 21.8. The fourth-order valence-corrected chi connectivity index (χ4v) is 5.37. The first-order valence-corrected chi connectivity index (χ1v) is 10.9. The van der Waals surface area contributed by atoms with Crippen LogP contribution in [0.15, 0.2) is 24.3 Å². The topological polar surface area (TPSA) is 85.4 Å². The van der Waals surface area contributed by atoms with Crippen LogP contribution in [0.5, 0.6) is 5.75 Å². The van der Waals surface area contributed by atoms with Crippen LogP contribution in [0.3, 0.4) is 0 Å². The molecule has 3 aliphatic rings. The van der Waals surface area contributed by atoms with Crippen LogP contribution in [-0.2, 0) is 30.4 Å². The number of methoxy groups -OCH3 is 2. The molecule has 2 bridgehead atoms. The second-order valence-electron chi connectivity index (χ2n) is 8.53. The van der Waals surface area contributed by atoms with E-state index in [1.165, 1.54) is 7.11 Å². The predicted molar refractivity (Wildman–Crippen MR) is 111 cm³/mol. The zero-order chi connectivity index (χ0) is 22.0. The van der Waals surface area contributed by atoms with Gasteiger partial charge in [-0.3, -0.25) is 19.3 Å². The van der Waals surface area contributed by atoms with Gasteiger partial charge in [0.2, 0.25) is 5.91 Å². The van der Waals surface area contributed by atoms with Crippen LogP contribution in [0.4, 0.5) is 0 Å². The summed E-state index contributed by atoms with van der Waals surface area (Å²) in [4.78, 5) is 43.5. The molecule has 0 spiro atoms. The van der Waals surface area contributed by atoms with Gasteiger partial charge in [-0.15, -0.1) is 0 Å². The Balaban J connectivity index is 1.64. The third-order valence-electron chi connectivity index (χ3n) is 6.97. The van der Waals surface area contributed by atoms with Crippen LogP contribution >= 0.6 is 0 Å². The summed E-state index contributed by atoms with van der Waals surface area (Å²) in [5.41, 5.74) is -0.417. The fraction of sp³-hybridized carbons (Fsp3) is 0.609. The van der Waals surface area contributed by atoms with E-state index in [1.54, 1.807) is 12.0 Å². The Bertz CT molecular complexity index is 852. The molecule has 0 saturated carbocycles. The number of benzene rings is 1. The molecule has 1 aromatic rings. The van der Waals surface area contributed by atoms with Gasteiger partial charge < -0.3 is 19.1 Å². The molecule has 3 heterocycles. The lowest BCUT2D eigenvalue weighted by molar-refractivity contribution is -0.171. The maximum atomic E-state index is 13.4. The van der Waals surface area contributed by atoms with E-state index < -0.39 is 11.4 Å². The van der Waals surface area contributed by atoms with Crippen molar-refractivity contribution in [1.82, 2.24) is 9.80 Å². The number of morpholine rings is 1. The number of nitrogens with zero attached hydrogens (tertiary/aromatic N) is 2. The number of ether oxygens (including phenoxy) is 3. The maximum absolute atomic E-state index is 13.4. The Hall–Kier alpha value is -2.45. The van der Waals surface area contributed by atoms with Gasteiger partial charge in [0.25, 0.3) is 0 Å². The lowest BCUT2D eigenvalue weighted by Crippen LogP contribution is -2.61. The van der Waals surface area contributed by atoms with Crippen molar-refractivity contribution < 1.29 is 28.6 Å². The van der Waals surface area contributed by atoms with Gasteiger partial charge in [0, 0.05) is 38.1 Å². The summed E-state index contributed by atoms with van der Waals surface area (Å²) in [6.45, 7) is 2.48. The summed E-state index contributed by atoms with van der Waals surface area (Å²) in [5, 5.41) is 0. The highest BCUT2D eigenvalue weighted by atomic mass is 16.5. The number of hydrogen-bond donors (Lipinski definition) is 0. The van der Waals surface area contributed by atoms with E-state index in [0.717, 1.165) is 17.7 Å². The number of fused-ring (bicyclic) bond motifs is 2. The lowest BCUT2D eigenvalue weighted by Gasteiger charge is -2.46. The molecule has 0 unspecified atom stereocenters. The van der Waals surface area contributed by atoms with Crippen molar-refractivity contribution in [2.24, 2.45) is 5.41 Å². The minimum absolute atomic E-state index is 0.0694. The molecule has 8 heteroatoms. The van der Waals surface area contributed by atoms with E-state index in [1.807, 2.05) is 24.3 Å². The highest BCUT2D eigenvalue weighted by molar-refractivity contribution is 6.08. The van der Waals surface area contributed by atoms with Crippen LogP contribution in [0.2, 0.25) is 0 Å². The molecular weight excluding hydrogens is 400 g/mol. The average molecular weight is 431 g/mol. The largest absolute Gasteiger partial charge is 0.497 e. The molecule has 168 valence electrons. The Morgan fingerprint density at radius 3 is 2.68 bits per heavy atom. The molecule has 0 aliphatic carbocycles. The molecule has 4 rings (SSSR count). The van der Waals surface area contributed by atoms with Gasteiger partial charge in [-0.05, 0) is 30.5 Å². The van der Waals surface area contributed by atoms with E-state index in [9.17, 15) is 14.4 Å². The minimum Gasteiger partial charge on any atom is -0.497 e. The van der Waals surface area contributed by atoms with Gasteiger partial charge in [0.1, 0.15) is 5.75 Å². The maximum Gasteiger partial charge on any atom is 0.321 e. The highest BCUT2D eigenvalue weighted by Crippen LogP contribution is 2.48. The van der Waals surface area contributed by atoms with Crippen molar-refractivity contribution in [2.75, 3.05) is 40.5 Å². The lowest BCUT2D eigenvalue weighted by atomic mass is 9.69. The smallest absolute Gasteiger partial charge is 0.321 e. The number of ketones is 1. The van der Waals surface area contributed by atoms with Gasteiger partial charge in [0.15, 0.2) is 11.2 Å². The van der Waals surface area contributed by atoms with Crippen molar-refractivity contribution in [3.63, 3.8) is 0 Å². The van der Waals surface area contributed by atoms with Gasteiger partial charge in [-0.1, -0.05) is 12.1 Å². The zero-order valence-corrected chi connectivity index (χ0v) is 18.2. The van der Waals surface area contributed by atoms with Gasteiger partial charge in [0.05, 0.1) is 33.9 Å².